The fraction of sp³-hybridized carbons (Fsp3) is 0.240. The largest absolute Gasteiger partial charge is 0.470 e. The van der Waals surface area contributed by atoms with Crippen LogP contribution in [0.2, 0.25) is 0 Å². The van der Waals surface area contributed by atoms with E-state index in [0.29, 0.717) is 11.8 Å². The van der Waals surface area contributed by atoms with Crippen molar-refractivity contribution in [3.63, 3.8) is 0 Å². The van der Waals surface area contributed by atoms with E-state index in [-0.39, 0.29) is 24.3 Å². The van der Waals surface area contributed by atoms with E-state index in [1.807, 2.05) is 18.2 Å². The van der Waals surface area contributed by atoms with Crippen LogP contribution in [0, 0.1) is 0 Å². The molecule has 0 N–H and O–H groups in total. The Kier molecular flexibility index (Phi) is 3.28. The molecule has 2 aliphatic carbocycles. The maximum atomic E-state index is 6.20. The first-order chi connectivity index (χ1) is 14.8. The van der Waals surface area contributed by atoms with E-state index in [4.69, 9.17) is 24.4 Å². The number of nitrogens with zero attached hydrogens (tertiary/aromatic N) is 3. The molecule has 1 aromatic heterocycles. The number of ether oxygens (including phenoxy) is 2. The lowest BCUT2D eigenvalue weighted by atomic mass is 10.1. The molecule has 0 amide bonds. The summed E-state index contributed by atoms with van der Waals surface area (Å²) < 4.78 is 12.4. The maximum Gasteiger partial charge on any atom is 0.236 e. The van der Waals surface area contributed by atoms with Crippen molar-refractivity contribution in [1.29, 1.82) is 0 Å². The van der Waals surface area contributed by atoms with Gasteiger partial charge in [-0.25, -0.2) is 15.0 Å². The van der Waals surface area contributed by atoms with Crippen LogP contribution < -0.4 is 0 Å². The summed E-state index contributed by atoms with van der Waals surface area (Å²) in [4.78, 5) is 14.5. The number of aliphatic imine (C=N–C) groups is 2. The fourth-order valence-electron chi connectivity index (χ4n) is 5.12. The fourth-order valence-corrected chi connectivity index (χ4v) is 5.12. The highest BCUT2D eigenvalue weighted by atomic mass is 16.5. The third-order valence-corrected chi connectivity index (χ3v) is 6.52. The molecule has 146 valence electrons. The Bertz CT molecular complexity index is 1160. The van der Waals surface area contributed by atoms with Crippen LogP contribution in [0.25, 0.3) is 0 Å². The predicted molar refractivity (Wildman–Crippen MR) is 113 cm³/mol. The minimum atomic E-state index is 0.0672. The van der Waals surface area contributed by atoms with Gasteiger partial charge in [-0.2, -0.15) is 0 Å². The lowest BCUT2D eigenvalue weighted by Crippen LogP contribution is -2.17. The third-order valence-electron chi connectivity index (χ3n) is 6.52. The Hall–Kier alpha value is -3.47. The van der Waals surface area contributed by atoms with Crippen LogP contribution in [0.15, 0.2) is 76.7 Å². The van der Waals surface area contributed by atoms with Gasteiger partial charge < -0.3 is 9.47 Å². The van der Waals surface area contributed by atoms with Gasteiger partial charge in [0.15, 0.2) is 0 Å². The topological polar surface area (TPSA) is 56.1 Å². The van der Waals surface area contributed by atoms with Gasteiger partial charge in [-0.15, -0.1) is 0 Å². The number of aromatic nitrogens is 1. The SMILES string of the molecule is c1cc(C2=N[C@H]3c4ccccc4CC3O2)nc(C2=N[C@H]3c4ccccc4C[C@H]3O2)c1. The first-order valence-electron chi connectivity index (χ1n) is 10.5. The van der Waals surface area contributed by atoms with Gasteiger partial charge >= 0.3 is 0 Å². The summed E-state index contributed by atoms with van der Waals surface area (Å²) in [6.45, 7) is 0. The molecule has 0 bridgehead atoms. The molecule has 4 atom stereocenters. The average Bonchev–Trinajstić information content (AvgIpc) is 3.52. The Labute approximate surface area is 174 Å². The van der Waals surface area contributed by atoms with E-state index < -0.39 is 0 Å². The Balaban J connectivity index is 1.20. The summed E-state index contributed by atoms with van der Waals surface area (Å²) in [7, 11) is 0. The Morgan fingerprint density at radius 2 is 1.10 bits per heavy atom. The second-order valence-electron chi connectivity index (χ2n) is 8.28. The number of fused-ring (bicyclic) bond motifs is 6. The molecule has 3 aromatic rings. The number of pyridine rings is 1. The summed E-state index contributed by atoms with van der Waals surface area (Å²) in [5.41, 5.74) is 6.67. The van der Waals surface area contributed by atoms with Gasteiger partial charge in [0.2, 0.25) is 11.8 Å². The van der Waals surface area contributed by atoms with E-state index >= 15 is 0 Å². The van der Waals surface area contributed by atoms with E-state index in [2.05, 4.69) is 48.5 Å². The highest BCUT2D eigenvalue weighted by Gasteiger charge is 2.41. The maximum absolute atomic E-state index is 6.20. The highest BCUT2D eigenvalue weighted by molar-refractivity contribution is 5.97. The van der Waals surface area contributed by atoms with Crippen LogP contribution in [0.1, 0.15) is 45.7 Å². The molecule has 2 aromatic carbocycles. The molecule has 2 aliphatic heterocycles. The van der Waals surface area contributed by atoms with Gasteiger partial charge in [-0.05, 0) is 34.4 Å². The van der Waals surface area contributed by atoms with E-state index in [9.17, 15) is 0 Å². The smallest absolute Gasteiger partial charge is 0.236 e. The van der Waals surface area contributed by atoms with Crippen molar-refractivity contribution in [1.82, 2.24) is 4.98 Å². The number of rotatable bonds is 2. The van der Waals surface area contributed by atoms with Gasteiger partial charge in [0.25, 0.3) is 0 Å². The van der Waals surface area contributed by atoms with Crippen molar-refractivity contribution in [2.45, 2.75) is 37.1 Å². The quantitative estimate of drug-likeness (QED) is 0.662. The molecule has 4 aliphatic rings. The number of benzene rings is 2. The van der Waals surface area contributed by atoms with Gasteiger partial charge in [0, 0.05) is 12.8 Å². The normalized spacial score (nSPS) is 27.3. The molecular weight excluding hydrogens is 374 g/mol. The van der Waals surface area contributed by atoms with Crippen molar-refractivity contribution >= 4 is 11.8 Å². The molecule has 1 unspecified atom stereocenters. The lowest BCUT2D eigenvalue weighted by molar-refractivity contribution is 0.205. The van der Waals surface area contributed by atoms with Gasteiger partial charge in [-0.1, -0.05) is 54.6 Å². The molecule has 0 saturated heterocycles. The lowest BCUT2D eigenvalue weighted by Gasteiger charge is -2.10. The molecule has 5 heteroatoms. The highest BCUT2D eigenvalue weighted by Crippen LogP contribution is 2.42. The third kappa shape index (κ3) is 2.32. The van der Waals surface area contributed by atoms with Crippen molar-refractivity contribution in [3.05, 3.63) is 100 Å². The Morgan fingerprint density at radius 3 is 1.63 bits per heavy atom. The first kappa shape index (κ1) is 16.3. The van der Waals surface area contributed by atoms with Crippen LogP contribution >= 0.6 is 0 Å². The summed E-state index contributed by atoms with van der Waals surface area (Å²) in [6.07, 6.45) is 1.93. The molecule has 0 spiro atoms. The van der Waals surface area contributed by atoms with E-state index in [0.717, 1.165) is 24.2 Å². The summed E-state index contributed by atoms with van der Waals surface area (Å²) >= 11 is 0. The molecule has 0 fully saturated rings. The second kappa shape index (κ2) is 6.02. The van der Waals surface area contributed by atoms with E-state index in [1.165, 1.54) is 22.3 Å². The summed E-state index contributed by atoms with van der Waals surface area (Å²) in [5, 5.41) is 0. The average molecular weight is 393 g/mol. The zero-order chi connectivity index (χ0) is 19.7. The van der Waals surface area contributed by atoms with Gasteiger partial charge in [-0.3, -0.25) is 0 Å². The zero-order valence-corrected chi connectivity index (χ0v) is 16.2. The molecule has 30 heavy (non-hydrogen) atoms. The van der Waals surface area contributed by atoms with Crippen LogP contribution in [0.3, 0.4) is 0 Å². The van der Waals surface area contributed by atoms with Crippen molar-refractivity contribution in [2.24, 2.45) is 9.98 Å². The summed E-state index contributed by atoms with van der Waals surface area (Å²) in [5.74, 6) is 1.23. The van der Waals surface area contributed by atoms with Crippen LogP contribution in [-0.2, 0) is 22.3 Å². The Morgan fingerprint density at radius 1 is 0.600 bits per heavy atom. The zero-order valence-electron chi connectivity index (χ0n) is 16.2. The monoisotopic (exact) mass is 393 g/mol. The second-order valence-corrected chi connectivity index (χ2v) is 8.28. The van der Waals surface area contributed by atoms with Crippen molar-refractivity contribution in [2.75, 3.05) is 0 Å². The van der Waals surface area contributed by atoms with Crippen molar-refractivity contribution < 1.29 is 9.47 Å². The number of hydrogen-bond acceptors (Lipinski definition) is 5. The van der Waals surface area contributed by atoms with Crippen LogP contribution in [-0.4, -0.2) is 29.0 Å². The van der Waals surface area contributed by atoms with Crippen LogP contribution in [0.5, 0.6) is 0 Å². The summed E-state index contributed by atoms with van der Waals surface area (Å²) in [6, 6.07) is 22.9. The van der Waals surface area contributed by atoms with E-state index in [1.54, 1.807) is 0 Å². The van der Waals surface area contributed by atoms with Gasteiger partial charge in [0.05, 0.1) is 0 Å². The van der Waals surface area contributed by atoms with Crippen molar-refractivity contribution in [3.8, 4) is 0 Å². The number of hydrogen-bond donors (Lipinski definition) is 0. The minimum absolute atomic E-state index is 0.0672. The van der Waals surface area contributed by atoms with Crippen LogP contribution in [0.4, 0.5) is 0 Å². The standard InChI is InChI=1S/C25H19N3O2/c1-3-8-16-14(6-1)12-20-22(16)27-24(29-20)18-10-5-11-19(26-18)25-28-23-17-9-4-2-7-15(17)13-21(23)30-25/h1-11,20-23H,12-13H2/t20-,21?,22+,23+/m1/s1. The molecule has 0 saturated carbocycles. The molecule has 7 rings (SSSR count). The first-order valence-corrected chi connectivity index (χ1v) is 10.5. The van der Waals surface area contributed by atoms with Gasteiger partial charge in [0.1, 0.15) is 35.7 Å². The molecular formula is C25H19N3O2. The minimum Gasteiger partial charge on any atom is -0.470 e. The molecule has 0 radical (unpaired) electrons. The predicted octanol–water partition coefficient (Wildman–Crippen LogP) is 3.97. The molecule has 3 heterocycles. The molecule has 5 nitrogen and oxygen atoms in total.